The minimum atomic E-state index is 0.864. The summed E-state index contributed by atoms with van der Waals surface area (Å²) in [5, 5.41) is 0. The second-order valence-corrected chi connectivity index (χ2v) is 6.81. The van der Waals surface area contributed by atoms with E-state index in [2.05, 4.69) is 6.92 Å². The molecule has 2 aliphatic carbocycles. The molecule has 2 aliphatic rings. The molecule has 0 amide bonds. The molecule has 0 N–H and O–H groups in total. The van der Waals surface area contributed by atoms with Crippen LogP contribution in [0, 0.1) is 23.7 Å². The van der Waals surface area contributed by atoms with Crippen LogP contribution in [0.15, 0.2) is 0 Å². The highest BCUT2D eigenvalue weighted by Gasteiger charge is 2.30. The van der Waals surface area contributed by atoms with Crippen LogP contribution in [0.2, 0.25) is 0 Å². The molecule has 2 saturated carbocycles. The van der Waals surface area contributed by atoms with Crippen molar-refractivity contribution in [2.45, 2.75) is 71.1 Å². The Bertz CT molecular complexity index is 186. The molecule has 18 heavy (non-hydrogen) atoms. The fraction of sp³-hybridized carbons (Fsp3) is 1.00. The van der Waals surface area contributed by atoms with Crippen molar-refractivity contribution in [3.63, 3.8) is 0 Å². The van der Waals surface area contributed by atoms with Crippen LogP contribution in [0.3, 0.4) is 0 Å². The van der Waals surface area contributed by atoms with Gasteiger partial charge >= 0.3 is 0 Å². The molecular weight excluding hydrogens is 220 g/mol. The molecule has 1 nitrogen and oxygen atoms in total. The van der Waals surface area contributed by atoms with E-state index in [1.165, 1.54) is 64.2 Å². The molecule has 0 aromatic rings. The summed E-state index contributed by atoms with van der Waals surface area (Å²) in [6, 6.07) is 0. The van der Waals surface area contributed by atoms with Crippen molar-refractivity contribution in [3.8, 4) is 0 Å². The van der Waals surface area contributed by atoms with Crippen LogP contribution in [0.5, 0.6) is 0 Å². The second-order valence-electron chi connectivity index (χ2n) is 6.81. The Morgan fingerprint density at radius 1 is 0.778 bits per heavy atom. The van der Waals surface area contributed by atoms with Crippen molar-refractivity contribution in [2.75, 3.05) is 13.7 Å². The zero-order valence-corrected chi connectivity index (χ0v) is 12.5. The van der Waals surface area contributed by atoms with Crippen LogP contribution in [-0.2, 0) is 4.74 Å². The topological polar surface area (TPSA) is 9.23 Å². The van der Waals surface area contributed by atoms with Gasteiger partial charge in [0.05, 0.1) is 0 Å². The highest BCUT2D eigenvalue weighted by molar-refractivity contribution is 4.81. The van der Waals surface area contributed by atoms with Crippen molar-refractivity contribution in [1.29, 1.82) is 0 Å². The molecular formula is C17H32O. The molecule has 0 saturated heterocycles. The fourth-order valence-corrected chi connectivity index (χ4v) is 4.42. The van der Waals surface area contributed by atoms with E-state index < -0.39 is 0 Å². The Hall–Kier alpha value is -0.0400. The monoisotopic (exact) mass is 252 g/mol. The molecule has 0 radical (unpaired) electrons. The molecule has 1 heteroatoms. The maximum Gasteiger partial charge on any atom is 0.0490 e. The number of rotatable bonds is 5. The molecule has 0 atom stereocenters. The Morgan fingerprint density at radius 2 is 1.28 bits per heavy atom. The van der Waals surface area contributed by atoms with Crippen LogP contribution >= 0.6 is 0 Å². The van der Waals surface area contributed by atoms with Gasteiger partial charge in [0.2, 0.25) is 0 Å². The molecule has 2 fully saturated rings. The number of hydrogen-bond donors (Lipinski definition) is 0. The first-order chi connectivity index (χ1) is 8.83. The molecule has 0 aliphatic heterocycles. The predicted molar refractivity (Wildman–Crippen MR) is 77.7 cm³/mol. The summed E-state index contributed by atoms with van der Waals surface area (Å²) in [5.41, 5.74) is 0. The fourth-order valence-electron chi connectivity index (χ4n) is 4.42. The molecule has 106 valence electrons. The van der Waals surface area contributed by atoms with Crippen LogP contribution in [0.4, 0.5) is 0 Å². The van der Waals surface area contributed by atoms with Crippen LogP contribution in [0.25, 0.3) is 0 Å². The third kappa shape index (κ3) is 3.98. The van der Waals surface area contributed by atoms with Crippen molar-refractivity contribution in [1.82, 2.24) is 0 Å². The Balaban J connectivity index is 1.68. The summed E-state index contributed by atoms with van der Waals surface area (Å²) >= 11 is 0. The third-order valence-electron chi connectivity index (χ3n) is 5.55. The van der Waals surface area contributed by atoms with Gasteiger partial charge in [0.15, 0.2) is 0 Å². The van der Waals surface area contributed by atoms with Crippen LogP contribution < -0.4 is 0 Å². The lowest BCUT2D eigenvalue weighted by Gasteiger charge is -2.37. The summed E-state index contributed by atoms with van der Waals surface area (Å²) in [7, 11) is 1.85. The zero-order chi connectivity index (χ0) is 12.8. The van der Waals surface area contributed by atoms with Gasteiger partial charge in [-0.25, -0.2) is 0 Å². The average Bonchev–Trinajstić information content (AvgIpc) is 2.41. The summed E-state index contributed by atoms with van der Waals surface area (Å²) < 4.78 is 5.30. The molecule has 0 aromatic carbocycles. The van der Waals surface area contributed by atoms with E-state index in [0.717, 1.165) is 30.3 Å². The Morgan fingerprint density at radius 3 is 1.72 bits per heavy atom. The van der Waals surface area contributed by atoms with E-state index in [1.807, 2.05) is 7.11 Å². The van der Waals surface area contributed by atoms with Gasteiger partial charge in [0.25, 0.3) is 0 Å². The standard InChI is InChI=1S/C17H32O/c1-3-4-14-5-9-16(10-6-14)17-11-7-15(8-12-17)13-18-2/h14-17H,3-13H2,1-2H3/t14-,15-,16-,17-. The average molecular weight is 252 g/mol. The van der Waals surface area contributed by atoms with Crippen molar-refractivity contribution in [3.05, 3.63) is 0 Å². The quantitative estimate of drug-likeness (QED) is 0.665. The second kappa shape index (κ2) is 7.53. The first-order valence-electron chi connectivity index (χ1n) is 8.32. The first-order valence-corrected chi connectivity index (χ1v) is 8.32. The van der Waals surface area contributed by atoms with Gasteiger partial charge in [-0.05, 0) is 62.2 Å². The van der Waals surface area contributed by atoms with E-state index in [4.69, 9.17) is 4.74 Å². The van der Waals surface area contributed by atoms with Gasteiger partial charge < -0.3 is 4.74 Å². The SMILES string of the molecule is CCC[C@H]1CC[C@H]([C@H]2CC[C@H](COC)CC2)CC1. The van der Waals surface area contributed by atoms with Gasteiger partial charge in [-0.3, -0.25) is 0 Å². The Kier molecular flexibility index (Phi) is 6.01. The largest absolute Gasteiger partial charge is 0.384 e. The molecule has 0 unspecified atom stereocenters. The molecule has 0 aromatic heterocycles. The van der Waals surface area contributed by atoms with Crippen molar-refractivity contribution in [2.24, 2.45) is 23.7 Å². The maximum absolute atomic E-state index is 5.30. The minimum absolute atomic E-state index is 0.864. The number of methoxy groups -OCH3 is 1. The third-order valence-corrected chi connectivity index (χ3v) is 5.55. The van der Waals surface area contributed by atoms with E-state index in [-0.39, 0.29) is 0 Å². The van der Waals surface area contributed by atoms with Crippen LogP contribution in [-0.4, -0.2) is 13.7 Å². The highest BCUT2D eigenvalue weighted by atomic mass is 16.5. The molecule has 0 spiro atoms. The zero-order valence-electron chi connectivity index (χ0n) is 12.5. The van der Waals surface area contributed by atoms with Gasteiger partial charge in [-0.2, -0.15) is 0 Å². The van der Waals surface area contributed by atoms with E-state index in [9.17, 15) is 0 Å². The Labute approximate surface area is 114 Å². The lowest BCUT2D eigenvalue weighted by atomic mass is 9.69. The van der Waals surface area contributed by atoms with E-state index >= 15 is 0 Å². The van der Waals surface area contributed by atoms with Crippen LogP contribution in [0.1, 0.15) is 71.1 Å². The maximum atomic E-state index is 5.30. The number of ether oxygens (including phenoxy) is 1. The first kappa shape index (κ1) is 14.4. The van der Waals surface area contributed by atoms with Gasteiger partial charge in [-0.15, -0.1) is 0 Å². The molecule has 0 bridgehead atoms. The van der Waals surface area contributed by atoms with E-state index in [0.29, 0.717) is 0 Å². The van der Waals surface area contributed by atoms with Gasteiger partial charge in [-0.1, -0.05) is 32.6 Å². The van der Waals surface area contributed by atoms with E-state index in [1.54, 1.807) is 0 Å². The summed E-state index contributed by atoms with van der Waals surface area (Å²) in [6.45, 7) is 3.33. The normalized spacial score (nSPS) is 37.7. The number of hydrogen-bond acceptors (Lipinski definition) is 1. The lowest BCUT2D eigenvalue weighted by molar-refractivity contribution is 0.0927. The summed E-state index contributed by atoms with van der Waals surface area (Å²) in [4.78, 5) is 0. The lowest BCUT2D eigenvalue weighted by Crippen LogP contribution is -2.27. The van der Waals surface area contributed by atoms with Crippen molar-refractivity contribution >= 4 is 0 Å². The summed E-state index contributed by atoms with van der Waals surface area (Å²) in [6.07, 6.45) is 14.8. The molecule has 2 rings (SSSR count). The smallest absolute Gasteiger partial charge is 0.0490 e. The predicted octanol–water partition coefficient (Wildman–Crippen LogP) is 5.05. The minimum Gasteiger partial charge on any atom is -0.384 e. The molecule has 0 heterocycles. The van der Waals surface area contributed by atoms with Crippen molar-refractivity contribution < 1.29 is 4.74 Å². The van der Waals surface area contributed by atoms with Gasteiger partial charge in [0, 0.05) is 13.7 Å². The highest BCUT2D eigenvalue weighted by Crippen LogP contribution is 2.42. The van der Waals surface area contributed by atoms with Gasteiger partial charge in [0.1, 0.15) is 0 Å². The summed E-state index contributed by atoms with van der Waals surface area (Å²) in [5.74, 6) is 4.06.